The normalized spacial score (nSPS) is 14.5. The van der Waals surface area contributed by atoms with Crippen molar-refractivity contribution >= 4 is 30.1 Å². The van der Waals surface area contributed by atoms with Gasteiger partial charge >= 0.3 is 0 Å². The molecule has 0 fully saturated rings. The number of primary amides is 1. The van der Waals surface area contributed by atoms with E-state index in [1.54, 1.807) is 39.2 Å². The Morgan fingerprint density at radius 2 is 1.60 bits per heavy atom. The molecular weight excluding hydrogens is 560 g/mol. The molecule has 0 radical (unpaired) electrons. The van der Waals surface area contributed by atoms with Crippen LogP contribution in [0.25, 0.3) is 0 Å². The quantitative estimate of drug-likeness (QED) is 0.141. The molecular formula is C31H55ClN4O6. The van der Waals surface area contributed by atoms with Crippen LogP contribution < -0.4 is 26.8 Å². The summed E-state index contributed by atoms with van der Waals surface area (Å²) in [4.78, 5) is 37.6. The van der Waals surface area contributed by atoms with Crippen molar-refractivity contribution in [2.45, 2.75) is 79.4 Å². The number of aliphatic hydroxyl groups is 1. The topological polar surface area (TPSA) is 166 Å². The Balaban J connectivity index is 0.0000168. The number of carbonyl (C=O) groups is 3. The van der Waals surface area contributed by atoms with Crippen LogP contribution in [-0.4, -0.2) is 68.4 Å². The van der Waals surface area contributed by atoms with E-state index in [2.05, 4.69) is 24.5 Å². The summed E-state index contributed by atoms with van der Waals surface area (Å²) in [6.07, 6.45) is 1.44. The highest BCUT2D eigenvalue weighted by Gasteiger charge is 2.32. The van der Waals surface area contributed by atoms with Crippen molar-refractivity contribution in [3.8, 4) is 5.75 Å². The van der Waals surface area contributed by atoms with Gasteiger partial charge in [0.2, 0.25) is 11.8 Å². The molecule has 0 saturated carbocycles. The fourth-order valence-electron chi connectivity index (χ4n) is 4.37. The second-order valence-electron chi connectivity index (χ2n) is 12.3. The highest BCUT2D eigenvalue weighted by atomic mass is 35.5. The van der Waals surface area contributed by atoms with Gasteiger partial charge in [0.25, 0.3) is 5.91 Å². The lowest BCUT2D eigenvalue weighted by Gasteiger charge is -2.30. The predicted octanol–water partition coefficient (Wildman–Crippen LogP) is 3.28. The Labute approximate surface area is 258 Å². The number of halogens is 1. The van der Waals surface area contributed by atoms with Gasteiger partial charge < -0.3 is 36.7 Å². The number of unbranched alkanes of at least 4 members (excludes halogenated alkanes) is 1. The lowest BCUT2D eigenvalue weighted by molar-refractivity contribution is -0.130. The van der Waals surface area contributed by atoms with Crippen LogP contribution in [0.15, 0.2) is 24.3 Å². The molecule has 0 aliphatic heterocycles. The summed E-state index contributed by atoms with van der Waals surface area (Å²) in [5, 5.41) is 16.8. The van der Waals surface area contributed by atoms with Crippen LogP contribution in [0.5, 0.6) is 5.75 Å². The van der Waals surface area contributed by atoms with Crippen LogP contribution in [0.3, 0.4) is 0 Å². The van der Waals surface area contributed by atoms with Gasteiger partial charge in [-0.05, 0) is 69.4 Å². The maximum atomic E-state index is 13.1. The zero-order chi connectivity index (χ0) is 31.2. The summed E-state index contributed by atoms with van der Waals surface area (Å²) >= 11 is 0. The SMILES string of the molecule is COCCCCOc1ccccc1C(=O)NC[C@@H](C[C@H](N)[C@@H](O)C[C@H](C(=O)NCC(C)(C)C(N)=O)C(C)C)C(C)C.Cl. The molecule has 10 nitrogen and oxygen atoms in total. The molecule has 3 amide bonds. The van der Waals surface area contributed by atoms with Crippen molar-refractivity contribution in [1.29, 1.82) is 0 Å². The number of nitrogens with two attached hydrogens (primary N) is 2. The van der Waals surface area contributed by atoms with E-state index in [9.17, 15) is 19.5 Å². The summed E-state index contributed by atoms with van der Waals surface area (Å²) < 4.78 is 10.9. The maximum absolute atomic E-state index is 13.1. The number of ether oxygens (including phenoxy) is 2. The van der Waals surface area contributed by atoms with Crippen LogP contribution in [0.1, 0.15) is 77.6 Å². The highest BCUT2D eigenvalue weighted by molar-refractivity contribution is 5.96. The molecule has 0 bridgehead atoms. The minimum Gasteiger partial charge on any atom is -0.493 e. The third kappa shape index (κ3) is 13.7. The first kappa shape index (κ1) is 39.6. The molecule has 1 aromatic rings. The third-order valence-corrected chi connectivity index (χ3v) is 7.68. The Morgan fingerprint density at radius 3 is 2.17 bits per heavy atom. The standard InChI is InChI=1S/C31H54N4O6.ClH/c1-20(2)22(18-34-28(37)23-12-8-9-13-27(23)41-15-11-10-14-40-7)16-25(32)26(36)17-24(21(3)4)29(38)35-19-31(5,6)30(33)39;/h8-9,12-13,20-22,24-26,36H,10-11,14-19,32H2,1-7H3,(H2,33,39)(H,34,37)(H,35,38);1H/t22-,24+,25+,26+;/m1./s1. The van der Waals surface area contributed by atoms with Gasteiger partial charge in [-0.2, -0.15) is 0 Å². The van der Waals surface area contributed by atoms with E-state index >= 15 is 0 Å². The third-order valence-electron chi connectivity index (χ3n) is 7.68. The zero-order valence-electron chi connectivity index (χ0n) is 26.5. The van der Waals surface area contributed by atoms with Gasteiger partial charge in [-0.15, -0.1) is 12.4 Å². The molecule has 0 aliphatic rings. The summed E-state index contributed by atoms with van der Waals surface area (Å²) in [6.45, 7) is 12.9. The average Bonchev–Trinajstić information content (AvgIpc) is 2.91. The van der Waals surface area contributed by atoms with Gasteiger partial charge in [-0.1, -0.05) is 39.8 Å². The molecule has 1 aromatic carbocycles. The summed E-state index contributed by atoms with van der Waals surface area (Å²) in [5.41, 5.74) is 11.4. The number of rotatable bonds is 20. The average molecular weight is 615 g/mol. The molecule has 11 heteroatoms. The Bertz CT molecular complexity index is 959. The molecule has 0 saturated heterocycles. The minimum absolute atomic E-state index is 0. The summed E-state index contributed by atoms with van der Waals surface area (Å²) in [5.74, 6) is -0.761. The molecule has 1 rings (SSSR count). The van der Waals surface area contributed by atoms with E-state index in [0.29, 0.717) is 37.5 Å². The maximum Gasteiger partial charge on any atom is 0.255 e. The minimum atomic E-state index is -0.915. The van der Waals surface area contributed by atoms with Crippen LogP contribution in [-0.2, 0) is 14.3 Å². The highest BCUT2D eigenvalue weighted by Crippen LogP contribution is 2.24. The Kier molecular flexibility index (Phi) is 18.6. The van der Waals surface area contributed by atoms with Crippen molar-refractivity contribution in [3.05, 3.63) is 29.8 Å². The monoisotopic (exact) mass is 614 g/mol. The van der Waals surface area contributed by atoms with Crippen molar-refractivity contribution in [1.82, 2.24) is 10.6 Å². The van der Waals surface area contributed by atoms with E-state index in [1.807, 2.05) is 19.9 Å². The molecule has 0 unspecified atom stereocenters. The number of para-hydroxylation sites is 1. The van der Waals surface area contributed by atoms with Gasteiger partial charge in [-0.25, -0.2) is 0 Å². The first-order chi connectivity index (χ1) is 19.2. The molecule has 0 heterocycles. The lowest BCUT2D eigenvalue weighted by atomic mass is 9.83. The van der Waals surface area contributed by atoms with E-state index < -0.39 is 29.4 Å². The molecule has 4 atom stereocenters. The molecule has 7 N–H and O–H groups in total. The molecule has 242 valence electrons. The zero-order valence-corrected chi connectivity index (χ0v) is 27.3. The van der Waals surface area contributed by atoms with E-state index in [0.717, 1.165) is 12.8 Å². The number of methoxy groups -OCH3 is 1. The molecule has 0 spiro atoms. The van der Waals surface area contributed by atoms with Gasteiger partial charge in [0.05, 0.1) is 23.7 Å². The van der Waals surface area contributed by atoms with Crippen molar-refractivity contribution in [3.63, 3.8) is 0 Å². The van der Waals surface area contributed by atoms with Crippen LogP contribution >= 0.6 is 12.4 Å². The van der Waals surface area contributed by atoms with Gasteiger partial charge in [-0.3, -0.25) is 14.4 Å². The summed E-state index contributed by atoms with van der Waals surface area (Å²) in [7, 11) is 1.66. The Morgan fingerprint density at radius 1 is 0.976 bits per heavy atom. The summed E-state index contributed by atoms with van der Waals surface area (Å²) in [6, 6.07) is 6.57. The second-order valence-corrected chi connectivity index (χ2v) is 12.3. The number of aliphatic hydroxyl groups excluding tert-OH is 1. The predicted molar refractivity (Wildman–Crippen MR) is 168 cm³/mol. The number of amides is 3. The number of hydrogen-bond donors (Lipinski definition) is 5. The van der Waals surface area contributed by atoms with Crippen molar-refractivity contribution in [2.75, 3.05) is 33.4 Å². The molecule has 42 heavy (non-hydrogen) atoms. The van der Waals surface area contributed by atoms with Crippen molar-refractivity contribution in [2.24, 2.45) is 40.6 Å². The van der Waals surface area contributed by atoms with Crippen LogP contribution in [0.4, 0.5) is 0 Å². The first-order valence-corrected chi connectivity index (χ1v) is 14.7. The van der Waals surface area contributed by atoms with E-state index in [-0.39, 0.29) is 54.9 Å². The smallest absolute Gasteiger partial charge is 0.255 e. The number of benzene rings is 1. The van der Waals surface area contributed by atoms with Gasteiger partial charge in [0.1, 0.15) is 5.75 Å². The van der Waals surface area contributed by atoms with Crippen molar-refractivity contribution < 1.29 is 29.0 Å². The fraction of sp³-hybridized carbons (Fsp3) is 0.710. The van der Waals surface area contributed by atoms with Gasteiger partial charge in [0, 0.05) is 38.8 Å². The van der Waals surface area contributed by atoms with E-state index in [4.69, 9.17) is 20.9 Å². The van der Waals surface area contributed by atoms with Crippen LogP contribution in [0.2, 0.25) is 0 Å². The second kappa shape index (κ2) is 19.7. The lowest BCUT2D eigenvalue weighted by Crippen LogP contribution is -2.47. The number of nitrogens with one attached hydrogen (secondary N) is 2. The Hall–Kier alpha value is -2.40. The molecule has 0 aliphatic carbocycles. The molecule has 0 aromatic heterocycles. The van der Waals surface area contributed by atoms with Crippen LogP contribution in [0, 0.1) is 29.1 Å². The van der Waals surface area contributed by atoms with Gasteiger partial charge in [0.15, 0.2) is 0 Å². The first-order valence-electron chi connectivity index (χ1n) is 14.7. The number of hydrogen-bond acceptors (Lipinski definition) is 7. The fourth-order valence-corrected chi connectivity index (χ4v) is 4.37. The largest absolute Gasteiger partial charge is 0.493 e. The number of carbonyl (C=O) groups excluding carboxylic acids is 3. The van der Waals surface area contributed by atoms with E-state index in [1.165, 1.54) is 0 Å².